The Morgan fingerprint density at radius 3 is 2.59 bits per heavy atom. The van der Waals surface area contributed by atoms with Crippen LogP contribution in [0.15, 0.2) is 35.3 Å². The average Bonchev–Trinajstić information content (AvgIpc) is 2.55. The molecule has 122 valence electrons. The van der Waals surface area contributed by atoms with Crippen molar-refractivity contribution in [1.29, 1.82) is 0 Å². The highest BCUT2D eigenvalue weighted by atomic mass is 16.5. The second kappa shape index (κ2) is 11.6. The van der Waals surface area contributed by atoms with E-state index in [9.17, 15) is 4.79 Å². The number of aliphatic imine (C=N–C) groups is 1. The third-order valence-corrected chi connectivity index (χ3v) is 3.04. The molecule has 1 rings (SSSR count). The molecular weight excluding hydrogens is 280 g/mol. The minimum Gasteiger partial charge on any atom is -0.385 e. The molecular formula is C16H26N4O2. The molecule has 0 bridgehead atoms. The van der Waals surface area contributed by atoms with Gasteiger partial charge in [0.25, 0.3) is 0 Å². The summed E-state index contributed by atoms with van der Waals surface area (Å²) in [5.41, 5.74) is 1.21. The molecule has 1 aromatic carbocycles. The van der Waals surface area contributed by atoms with E-state index in [2.05, 4.69) is 33.1 Å². The topological polar surface area (TPSA) is 74.8 Å². The summed E-state index contributed by atoms with van der Waals surface area (Å²) in [5, 5.41) is 8.98. The van der Waals surface area contributed by atoms with Gasteiger partial charge in [0.2, 0.25) is 5.91 Å². The number of ether oxygens (including phenoxy) is 1. The number of nitrogens with zero attached hydrogens (tertiary/aromatic N) is 1. The van der Waals surface area contributed by atoms with Crippen LogP contribution in [0, 0.1) is 0 Å². The number of carbonyl (C=O) groups excluding carboxylic acids is 1. The minimum absolute atomic E-state index is 0.0456. The Balaban J connectivity index is 2.13. The molecule has 0 aliphatic carbocycles. The molecule has 0 aliphatic rings. The maximum atomic E-state index is 11.8. The van der Waals surface area contributed by atoms with Gasteiger partial charge in [-0.05, 0) is 18.4 Å². The Labute approximate surface area is 132 Å². The van der Waals surface area contributed by atoms with Gasteiger partial charge >= 0.3 is 0 Å². The van der Waals surface area contributed by atoms with Crippen molar-refractivity contribution in [1.82, 2.24) is 16.0 Å². The number of nitrogens with one attached hydrogen (secondary N) is 3. The lowest BCUT2D eigenvalue weighted by atomic mass is 10.1. The van der Waals surface area contributed by atoms with Crippen molar-refractivity contribution in [3.8, 4) is 0 Å². The van der Waals surface area contributed by atoms with Crippen LogP contribution in [0.3, 0.4) is 0 Å². The summed E-state index contributed by atoms with van der Waals surface area (Å²) in [5.74, 6) is 0.574. The van der Waals surface area contributed by atoms with E-state index in [1.165, 1.54) is 5.56 Å². The molecule has 0 fully saturated rings. The second-order valence-electron chi connectivity index (χ2n) is 4.78. The lowest BCUT2D eigenvalue weighted by Gasteiger charge is -2.11. The van der Waals surface area contributed by atoms with Crippen molar-refractivity contribution in [3.63, 3.8) is 0 Å². The highest BCUT2D eigenvalue weighted by Crippen LogP contribution is 1.97. The Bertz CT molecular complexity index is 449. The van der Waals surface area contributed by atoms with Crippen LogP contribution in [0.4, 0.5) is 0 Å². The van der Waals surface area contributed by atoms with E-state index in [4.69, 9.17) is 4.74 Å². The molecule has 1 aromatic rings. The van der Waals surface area contributed by atoms with Gasteiger partial charge in [-0.25, -0.2) is 0 Å². The van der Waals surface area contributed by atoms with Gasteiger partial charge in [-0.2, -0.15) is 0 Å². The first-order chi connectivity index (χ1) is 10.8. The van der Waals surface area contributed by atoms with Crippen LogP contribution in [0.1, 0.15) is 12.0 Å². The number of rotatable bonds is 9. The van der Waals surface area contributed by atoms with E-state index in [-0.39, 0.29) is 12.5 Å². The number of benzene rings is 1. The lowest BCUT2D eigenvalue weighted by Crippen LogP contribution is -2.43. The van der Waals surface area contributed by atoms with Crippen LogP contribution < -0.4 is 16.0 Å². The summed E-state index contributed by atoms with van der Waals surface area (Å²) >= 11 is 0. The maximum Gasteiger partial charge on any atom is 0.239 e. The van der Waals surface area contributed by atoms with Crippen molar-refractivity contribution in [2.75, 3.05) is 40.4 Å². The molecule has 0 aliphatic heterocycles. The first-order valence-electron chi connectivity index (χ1n) is 7.50. The zero-order chi connectivity index (χ0) is 16.0. The molecule has 22 heavy (non-hydrogen) atoms. The van der Waals surface area contributed by atoms with E-state index in [1.807, 2.05) is 18.2 Å². The molecule has 0 aromatic heterocycles. The molecule has 0 heterocycles. The zero-order valence-electron chi connectivity index (χ0n) is 13.4. The molecule has 6 nitrogen and oxygen atoms in total. The number of hydrogen-bond donors (Lipinski definition) is 3. The number of guanidine groups is 1. The number of methoxy groups -OCH3 is 1. The number of amides is 1. The Hall–Kier alpha value is -2.08. The molecule has 0 saturated carbocycles. The third kappa shape index (κ3) is 8.26. The largest absolute Gasteiger partial charge is 0.385 e. The lowest BCUT2D eigenvalue weighted by molar-refractivity contribution is -0.119. The maximum absolute atomic E-state index is 11.8. The fraction of sp³-hybridized carbons (Fsp3) is 0.500. The highest BCUT2D eigenvalue weighted by Gasteiger charge is 2.03. The summed E-state index contributed by atoms with van der Waals surface area (Å²) in [4.78, 5) is 15.8. The van der Waals surface area contributed by atoms with E-state index >= 15 is 0 Å². The van der Waals surface area contributed by atoms with Gasteiger partial charge in [-0.1, -0.05) is 30.3 Å². The van der Waals surface area contributed by atoms with E-state index in [0.29, 0.717) is 19.1 Å². The van der Waals surface area contributed by atoms with Crippen molar-refractivity contribution in [2.45, 2.75) is 12.8 Å². The third-order valence-electron chi connectivity index (χ3n) is 3.04. The van der Waals surface area contributed by atoms with E-state index in [0.717, 1.165) is 19.4 Å². The predicted octanol–water partition coefficient (Wildman–Crippen LogP) is 0.547. The SMILES string of the molecule is CN=C(NCCCOC)NCC(=O)NCCc1ccccc1. The van der Waals surface area contributed by atoms with Crippen LogP contribution >= 0.6 is 0 Å². The first kappa shape index (κ1) is 18.0. The van der Waals surface area contributed by atoms with Gasteiger partial charge in [-0.15, -0.1) is 0 Å². The first-order valence-corrected chi connectivity index (χ1v) is 7.50. The Morgan fingerprint density at radius 2 is 1.91 bits per heavy atom. The van der Waals surface area contributed by atoms with Gasteiger partial charge < -0.3 is 20.7 Å². The van der Waals surface area contributed by atoms with Crippen molar-refractivity contribution in [2.24, 2.45) is 4.99 Å². The molecule has 0 spiro atoms. The van der Waals surface area contributed by atoms with Crippen LogP contribution in [0.25, 0.3) is 0 Å². The second-order valence-corrected chi connectivity index (χ2v) is 4.78. The molecule has 6 heteroatoms. The van der Waals surface area contributed by atoms with Crippen LogP contribution in [-0.2, 0) is 16.0 Å². The quantitative estimate of drug-likeness (QED) is 0.354. The summed E-state index contributed by atoms with van der Waals surface area (Å²) in [7, 11) is 3.35. The number of hydrogen-bond acceptors (Lipinski definition) is 3. The van der Waals surface area contributed by atoms with Gasteiger partial charge in [0, 0.05) is 33.9 Å². The van der Waals surface area contributed by atoms with Crippen molar-refractivity contribution in [3.05, 3.63) is 35.9 Å². The Morgan fingerprint density at radius 1 is 1.14 bits per heavy atom. The molecule has 0 unspecified atom stereocenters. The average molecular weight is 306 g/mol. The molecule has 0 atom stereocenters. The van der Waals surface area contributed by atoms with Gasteiger partial charge in [0.15, 0.2) is 5.96 Å². The normalized spacial score (nSPS) is 11.1. The monoisotopic (exact) mass is 306 g/mol. The summed E-state index contributed by atoms with van der Waals surface area (Å²) in [6, 6.07) is 10.1. The van der Waals surface area contributed by atoms with Crippen LogP contribution in [0.5, 0.6) is 0 Å². The van der Waals surface area contributed by atoms with Crippen LogP contribution in [0.2, 0.25) is 0 Å². The summed E-state index contributed by atoms with van der Waals surface area (Å²) in [6.07, 6.45) is 1.72. The van der Waals surface area contributed by atoms with E-state index in [1.54, 1.807) is 14.2 Å². The number of carbonyl (C=O) groups is 1. The van der Waals surface area contributed by atoms with Gasteiger partial charge in [-0.3, -0.25) is 9.79 Å². The predicted molar refractivity (Wildman–Crippen MR) is 89.0 cm³/mol. The Kier molecular flexibility index (Phi) is 9.45. The molecule has 1 amide bonds. The summed E-state index contributed by atoms with van der Waals surface area (Å²) in [6.45, 7) is 2.29. The van der Waals surface area contributed by atoms with Crippen molar-refractivity contribution < 1.29 is 9.53 Å². The fourth-order valence-corrected chi connectivity index (χ4v) is 1.86. The van der Waals surface area contributed by atoms with Gasteiger partial charge in [0.1, 0.15) is 0 Å². The van der Waals surface area contributed by atoms with Crippen LogP contribution in [-0.4, -0.2) is 52.3 Å². The minimum atomic E-state index is -0.0456. The standard InChI is InChI=1S/C16H26N4O2/c1-17-16(19-10-6-12-22-2)20-13-15(21)18-11-9-14-7-4-3-5-8-14/h3-5,7-8H,6,9-13H2,1-2H3,(H,18,21)(H2,17,19,20). The van der Waals surface area contributed by atoms with Crippen molar-refractivity contribution >= 4 is 11.9 Å². The fourth-order valence-electron chi connectivity index (χ4n) is 1.86. The van der Waals surface area contributed by atoms with E-state index < -0.39 is 0 Å². The smallest absolute Gasteiger partial charge is 0.239 e. The molecule has 3 N–H and O–H groups in total. The molecule has 0 radical (unpaired) electrons. The molecule has 0 saturated heterocycles. The summed E-state index contributed by atoms with van der Waals surface area (Å²) < 4.78 is 4.97. The highest BCUT2D eigenvalue weighted by molar-refractivity contribution is 5.86. The van der Waals surface area contributed by atoms with Gasteiger partial charge in [0.05, 0.1) is 6.54 Å². The zero-order valence-corrected chi connectivity index (χ0v) is 13.4.